The third-order valence-corrected chi connectivity index (χ3v) is 2.53. The Balaban J connectivity index is 2.44. The Morgan fingerprint density at radius 2 is 2.06 bits per heavy atom. The molecule has 0 saturated heterocycles. The van der Waals surface area contributed by atoms with Crippen molar-refractivity contribution < 1.29 is 0 Å². The third-order valence-electron chi connectivity index (χ3n) is 2.29. The molecule has 3 nitrogen and oxygen atoms in total. The molecule has 0 spiro atoms. The largest absolute Gasteiger partial charge is 0.370 e. The Morgan fingerprint density at radius 3 is 2.76 bits per heavy atom. The van der Waals surface area contributed by atoms with Gasteiger partial charge in [-0.3, -0.25) is 0 Å². The van der Waals surface area contributed by atoms with Crippen molar-refractivity contribution in [1.82, 2.24) is 9.97 Å². The van der Waals surface area contributed by atoms with E-state index in [0.717, 1.165) is 23.6 Å². The zero-order chi connectivity index (χ0) is 12.3. The lowest BCUT2D eigenvalue weighted by molar-refractivity contribution is 1.08. The van der Waals surface area contributed by atoms with Crippen LogP contribution in [0.1, 0.15) is 12.6 Å². The summed E-state index contributed by atoms with van der Waals surface area (Å²) in [6.45, 7) is 4.83. The lowest BCUT2D eigenvalue weighted by atomic mass is 10.2. The van der Waals surface area contributed by atoms with Crippen molar-refractivity contribution >= 4 is 17.4 Å². The Labute approximate surface area is 106 Å². The van der Waals surface area contributed by atoms with Gasteiger partial charge in [0.25, 0.3) is 0 Å². The minimum atomic E-state index is 0.692. The van der Waals surface area contributed by atoms with E-state index >= 15 is 0 Å². The van der Waals surface area contributed by atoms with Crippen LogP contribution in [0.4, 0.5) is 5.82 Å². The van der Waals surface area contributed by atoms with Crippen LogP contribution in [0.25, 0.3) is 11.4 Å². The predicted octanol–water partition coefficient (Wildman–Crippen LogP) is 3.54. The summed E-state index contributed by atoms with van der Waals surface area (Å²) in [6, 6.07) is 9.49. The van der Waals surface area contributed by atoms with E-state index in [1.165, 1.54) is 0 Å². The maximum atomic E-state index is 5.96. The van der Waals surface area contributed by atoms with Gasteiger partial charge in [0.1, 0.15) is 5.82 Å². The maximum absolute atomic E-state index is 5.96. The number of benzene rings is 1. The standard InChI is InChI=1S/C13H14ClN3/c1-3-15-12-7-9(2)16-13(17-12)10-5-4-6-11(14)8-10/h4-8H,3H2,1-2H3,(H,15,16,17). The Kier molecular flexibility index (Phi) is 3.59. The highest BCUT2D eigenvalue weighted by atomic mass is 35.5. The Bertz CT molecular complexity index is 526. The molecule has 1 aromatic carbocycles. The third kappa shape index (κ3) is 2.94. The molecule has 0 saturated carbocycles. The Hall–Kier alpha value is -1.61. The van der Waals surface area contributed by atoms with Gasteiger partial charge in [0, 0.05) is 28.9 Å². The molecule has 0 unspecified atom stereocenters. The molecule has 1 N–H and O–H groups in total. The monoisotopic (exact) mass is 247 g/mol. The average Bonchev–Trinajstić information content (AvgIpc) is 2.28. The van der Waals surface area contributed by atoms with Crippen molar-refractivity contribution in [3.05, 3.63) is 41.0 Å². The first-order valence-electron chi connectivity index (χ1n) is 5.54. The van der Waals surface area contributed by atoms with Gasteiger partial charge in [0.05, 0.1) is 0 Å². The summed E-state index contributed by atoms with van der Waals surface area (Å²) in [4.78, 5) is 8.87. The zero-order valence-electron chi connectivity index (χ0n) is 9.87. The van der Waals surface area contributed by atoms with E-state index in [2.05, 4.69) is 15.3 Å². The molecule has 1 heterocycles. The van der Waals surface area contributed by atoms with Gasteiger partial charge in [-0.05, 0) is 26.0 Å². The highest BCUT2D eigenvalue weighted by molar-refractivity contribution is 6.30. The van der Waals surface area contributed by atoms with Crippen molar-refractivity contribution in [3.8, 4) is 11.4 Å². The highest BCUT2D eigenvalue weighted by Gasteiger charge is 2.04. The predicted molar refractivity (Wildman–Crippen MR) is 71.4 cm³/mol. The molecule has 0 atom stereocenters. The van der Waals surface area contributed by atoms with Crippen LogP contribution in [0.2, 0.25) is 5.02 Å². The number of hydrogen-bond donors (Lipinski definition) is 1. The van der Waals surface area contributed by atoms with Crippen molar-refractivity contribution in [2.75, 3.05) is 11.9 Å². The first kappa shape index (κ1) is 11.9. The molecule has 1 aromatic heterocycles. The van der Waals surface area contributed by atoms with Gasteiger partial charge >= 0.3 is 0 Å². The van der Waals surface area contributed by atoms with E-state index in [-0.39, 0.29) is 0 Å². The Morgan fingerprint density at radius 1 is 1.24 bits per heavy atom. The van der Waals surface area contributed by atoms with E-state index < -0.39 is 0 Å². The van der Waals surface area contributed by atoms with E-state index in [1.807, 2.05) is 44.2 Å². The SMILES string of the molecule is CCNc1cc(C)nc(-c2cccc(Cl)c2)n1. The van der Waals surface area contributed by atoms with E-state index in [0.29, 0.717) is 10.8 Å². The molecule has 2 rings (SSSR count). The van der Waals surface area contributed by atoms with Crippen molar-refractivity contribution in [2.24, 2.45) is 0 Å². The summed E-state index contributed by atoms with van der Waals surface area (Å²) >= 11 is 5.96. The molecule has 2 aromatic rings. The summed E-state index contributed by atoms with van der Waals surface area (Å²) < 4.78 is 0. The summed E-state index contributed by atoms with van der Waals surface area (Å²) in [5.74, 6) is 1.54. The van der Waals surface area contributed by atoms with E-state index in [9.17, 15) is 0 Å². The van der Waals surface area contributed by atoms with Crippen molar-refractivity contribution in [3.63, 3.8) is 0 Å². The fourth-order valence-electron chi connectivity index (χ4n) is 1.60. The molecule has 17 heavy (non-hydrogen) atoms. The highest BCUT2D eigenvalue weighted by Crippen LogP contribution is 2.21. The normalized spacial score (nSPS) is 10.3. The molecule has 0 radical (unpaired) electrons. The maximum Gasteiger partial charge on any atom is 0.161 e. The van der Waals surface area contributed by atoms with Crippen LogP contribution in [0, 0.1) is 6.92 Å². The van der Waals surface area contributed by atoms with Gasteiger partial charge < -0.3 is 5.32 Å². The first-order valence-corrected chi connectivity index (χ1v) is 5.92. The second kappa shape index (κ2) is 5.15. The minimum absolute atomic E-state index is 0.692. The number of nitrogens with one attached hydrogen (secondary N) is 1. The van der Waals surface area contributed by atoms with Crippen molar-refractivity contribution in [1.29, 1.82) is 0 Å². The van der Waals surface area contributed by atoms with Crippen LogP contribution in [-0.4, -0.2) is 16.5 Å². The summed E-state index contributed by atoms with van der Waals surface area (Å²) in [5, 5.41) is 3.88. The summed E-state index contributed by atoms with van der Waals surface area (Å²) in [5.41, 5.74) is 1.87. The zero-order valence-corrected chi connectivity index (χ0v) is 10.6. The molecule has 0 aliphatic heterocycles. The second-order valence-electron chi connectivity index (χ2n) is 3.76. The number of aromatic nitrogens is 2. The fourth-order valence-corrected chi connectivity index (χ4v) is 1.79. The molecule has 0 fully saturated rings. The minimum Gasteiger partial charge on any atom is -0.370 e. The van der Waals surface area contributed by atoms with E-state index in [1.54, 1.807) is 0 Å². The number of hydrogen-bond acceptors (Lipinski definition) is 3. The second-order valence-corrected chi connectivity index (χ2v) is 4.20. The van der Waals surface area contributed by atoms with E-state index in [4.69, 9.17) is 11.6 Å². The van der Waals surface area contributed by atoms with Crippen molar-refractivity contribution in [2.45, 2.75) is 13.8 Å². The molecular formula is C13H14ClN3. The number of rotatable bonds is 3. The number of halogens is 1. The molecule has 0 bridgehead atoms. The summed E-state index contributed by atoms with van der Waals surface area (Å²) in [6.07, 6.45) is 0. The quantitative estimate of drug-likeness (QED) is 0.902. The molecule has 88 valence electrons. The van der Waals surface area contributed by atoms with Crippen LogP contribution in [0.15, 0.2) is 30.3 Å². The van der Waals surface area contributed by atoms with Crippen LogP contribution in [0.3, 0.4) is 0 Å². The van der Waals surface area contributed by atoms with Crippen LogP contribution in [0.5, 0.6) is 0 Å². The van der Waals surface area contributed by atoms with Crippen LogP contribution < -0.4 is 5.32 Å². The van der Waals surface area contributed by atoms with Crippen LogP contribution in [-0.2, 0) is 0 Å². The topological polar surface area (TPSA) is 37.8 Å². The number of nitrogens with zero attached hydrogens (tertiary/aromatic N) is 2. The van der Waals surface area contributed by atoms with Gasteiger partial charge in [-0.25, -0.2) is 9.97 Å². The summed E-state index contributed by atoms with van der Waals surface area (Å²) in [7, 11) is 0. The molecule has 0 aliphatic carbocycles. The van der Waals surface area contributed by atoms with Crippen LogP contribution >= 0.6 is 11.6 Å². The molecule has 4 heteroatoms. The smallest absolute Gasteiger partial charge is 0.161 e. The average molecular weight is 248 g/mol. The lowest BCUT2D eigenvalue weighted by Crippen LogP contribution is -2.02. The molecule has 0 aliphatic rings. The molecular weight excluding hydrogens is 234 g/mol. The number of aryl methyl sites for hydroxylation is 1. The number of anilines is 1. The fraction of sp³-hybridized carbons (Fsp3) is 0.231. The van der Waals surface area contributed by atoms with Gasteiger partial charge in [0.2, 0.25) is 0 Å². The van der Waals surface area contributed by atoms with Gasteiger partial charge in [-0.2, -0.15) is 0 Å². The lowest BCUT2D eigenvalue weighted by Gasteiger charge is -2.07. The van der Waals surface area contributed by atoms with Gasteiger partial charge in [-0.1, -0.05) is 23.7 Å². The van der Waals surface area contributed by atoms with Gasteiger partial charge in [0.15, 0.2) is 5.82 Å². The first-order chi connectivity index (χ1) is 8.19. The van der Waals surface area contributed by atoms with Gasteiger partial charge in [-0.15, -0.1) is 0 Å². The molecule has 0 amide bonds.